The Morgan fingerprint density at radius 3 is 2.44 bits per heavy atom. The number of halogens is 4. The molecule has 0 heterocycles. The lowest BCUT2D eigenvalue weighted by Crippen LogP contribution is -2.11. The van der Waals surface area contributed by atoms with Crippen molar-refractivity contribution in [2.75, 3.05) is 0 Å². The average Bonchev–Trinajstić information content (AvgIpc) is 2.17. The van der Waals surface area contributed by atoms with Gasteiger partial charge in [0.2, 0.25) is 5.24 Å². The predicted octanol–water partition coefficient (Wildman–Crippen LogP) is 2.75. The minimum Gasteiger partial charge on any atom is -0.302 e. The normalized spacial score (nSPS) is 13.2. The Balaban J connectivity index is 3.16. The third-order valence-corrected chi connectivity index (χ3v) is 2.19. The predicted molar refractivity (Wildman–Crippen MR) is 51.1 cm³/mol. The van der Waals surface area contributed by atoms with Crippen molar-refractivity contribution in [1.29, 1.82) is 0 Å². The Morgan fingerprint density at radius 2 is 2.00 bits per heavy atom. The SMILES string of the molecule is O=C[C@@H](C(=O)Cl)c1cccc(C(F)(F)F)c1. The topological polar surface area (TPSA) is 34.1 Å². The number of benzene rings is 1. The van der Waals surface area contributed by atoms with Crippen molar-refractivity contribution in [2.24, 2.45) is 0 Å². The van der Waals surface area contributed by atoms with Crippen LogP contribution in [-0.4, -0.2) is 11.5 Å². The molecule has 0 aliphatic heterocycles. The number of hydrogen-bond acceptors (Lipinski definition) is 2. The third-order valence-electron chi connectivity index (χ3n) is 1.95. The van der Waals surface area contributed by atoms with Gasteiger partial charge < -0.3 is 4.79 Å². The first-order chi connectivity index (χ1) is 7.36. The quantitative estimate of drug-likeness (QED) is 0.470. The molecule has 2 nitrogen and oxygen atoms in total. The van der Waals surface area contributed by atoms with Crippen molar-refractivity contribution >= 4 is 23.1 Å². The maximum Gasteiger partial charge on any atom is 0.416 e. The number of aldehydes is 1. The van der Waals surface area contributed by atoms with Gasteiger partial charge >= 0.3 is 6.18 Å². The Bertz CT molecular complexity index is 415. The second-order valence-corrected chi connectivity index (χ2v) is 3.41. The van der Waals surface area contributed by atoms with Crippen molar-refractivity contribution in [3.8, 4) is 0 Å². The molecule has 0 N–H and O–H groups in total. The minimum absolute atomic E-state index is 0.0650. The first kappa shape index (κ1) is 12.7. The minimum atomic E-state index is -4.52. The molecule has 0 aliphatic rings. The molecule has 0 aliphatic carbocycles. The van der Waals surface area contributed by atoms with Gasteiger partial charge in [0.05, 0.1) is 5.56 Å². The fourth-order valence-corrected chi connectivity index (χ4v) is 1.35. The van der Waals surface area contributed by atoms with Crippen LogP contribution in [0.3, 0.4) is 0 Å². The van der Waals surface area contributed by atoms with E-state index in [0.717, 1.165) is 18.2 Å². The summed E-state index contributed by atoms with van der Waals surface area (Å²) >= 11 is 5.09. The lowest BCUT2D eigenvalue weighted by molar-refractivity contribution is -0.137. The van der Waals surface area contributed by atoms with E-state index >= 15 is 0 Å². The van der Waals surface area contributed by atoms with Crippen LogP contribution in [0.25, 0.3) is 0 Å². The van der Waals surface area contributed by atoms with E-state index in [-0.39, 0.29) is 11.8 Å². The number of alkyl halides is 3. The van der Waals surface area contributed by atoms with E-state index in [1.807, 2.05) is 0 Å². The molecule has 1 rings (SSSR count). The van der Waals surface area contributed by atoms with Crippen molar-refractivity contribution in [2.45, 2.75) is 12.1 Å². The van der Waals surface area contributed by atoms with E-state index in [2.05, 4.69) is 0 Å². The summed E-state index contributed by atoms with van der Waals surface area (Å²) in [5, 5.41) is -1.01. The van der Waals surface area contributed by atoms with Crippen molar-refractivity contribution in [3.05, 3.63) is 35.4 Å². The van der Waals surface area contributed by atoms with Gasteiger partial charge in [-0.1, -0.05) is 18.2 Å². The standard InChI is InChI=1S/C10H6ClF3O2/c11-9(16)8(5-15)6-2-1-3-7(4-6)10(12,13)14/h1-5,8H/t8-/m1/s1. The fourth-order valence-electron chi connectivity index (χ4n) is 1.17. The van der Waals surface area contributed by atoms with Gasteiger partial charge in [0, 0.05) is 0 Å². The third kappa shape index (κ3) is 2.82. The summed E-state index contributed by atoms with van der Waals surface area (Å²) in [5.74, 6) is -1.36. The molecule has 0 amide bonds. The van der Waals surface area contributed by atoms with E-state index in [1.54, 1.807) is 0 Å². The molecule has 1 aromatic rings. The van der Waals surface area contributed by atoms with Gasteiger partial charge in [-0.2, -0.15) is 13.2 Å². The van der Waals surface area contributed by atoms with Crippen LogP contribution in [0.15, 0.2) is 24.3 Å². The number of carbonyl (C=O) groups excluding carboxylic acids is 2. The first-order valence-corrected chi connectivity index (χ1v) is 4.56. The highest BCUT2D eigenvalue weighted by atomic mass is 35.5. The first-order valence-electron chi connectivity index (χ1n) is 4.18. The molecule has 0 unspecified atom stereocenters. The molecular weight excluding hydrogens is 245 g/mol. The molecule has 0 aromatic heterocycles. The highest BCUT2D eigenvalue weighted by Gasteiger charge is 2.31. The van der Waals surface area contributed by atoms with E-state index in [1.165, 1.54) is 6.07 Å². The van der Waals surface area contributed by atoms with Gasteiger partial charge in [-0.15, -0.1) is 0 Å². The van der Waals surface area contributed by atoms with Gasteiger partial charge in [-0.05, 0) is 23.2 Å². The van der Waals surface area contributed by atoms with Gasteiger partial charge in [0.15, 0.2) is 0 Å². The zero-order chi connectivity index (χ0) is 12.3. The van der Waals surface area contributed by atoms with Gasteiger partial charge in [0.25, 0.3) is 0 Å². The second kappa shape index (κ2) is 4.65. The largest absolute Gasteiger partial charge is 0.416 e. The molecule has 1 aromatic carbocycles. The van der Waals surface area contributed by atoms with E-state index in [0.29, 0.717) is 0 Å². The summed E-state index contributed by atoms with van der Waals surface area (Å²) in [6.45, 7) is 0. The van der Waals surface area contributed by atoms with E-state index in [4.69, 9.17) is 11.6 Å². The Hall–Kier alpha value is -1.36. The molecule has 0 radical (unpaired) electrons. The highest BCUT2D eigenvalue weighted by molar-refractivity contribution is 6.66. The molecule has 0 bridgehead atoms. The molecule has 0 saturated carbocycles. The van der Waals surface area contributed by atoms with Crippen LogP contribution in [-0.2, 0) is 15.8 Å². The Morgan fingerprint density at radius 1 is 1.38 bits per heavy atom. The monoisotopic (exact) mass is 250 g/mol. The maximum atomic E-state index is 12.3. The smallest absolute Gasteiger partial charge is 0.302 e. The highest BCUT2D eigenvalue weighted by Crippen LogP contribution is 2.31. The fraction of sp³-hybridized carbons (Fsp3) is 0.200. The summed E-state index contributed by atoms with van der Waals surface area (Å²) < 4.78 is 37.0. The lowest BCUT2D eigenvalue weighted by atomic mass is 9.99. The van der Waals surface area contributed by atoms with Crippen LogP contribution in [0.1, 0.15) is 17.0 Å². The molecule has 0 fully saturated rings. The van der Waals surface area contributed by atoms with Gasteiger partial charge in [-0.25, -0.2) is 0 Å². The summed E-state index contributed by atoms with van der Waals surface area (Å²) in [7, 11) is 0. The van der Waals surface area contributed by atoms with Crippen molar-refractivity contribution < 1.29 is 22.8 Å². The second-order valence-electron chi connectivity index (χ2n) is 3.04. The molecule has 0 saturated heterocycles. The number of carbonyl (C=O) groups is 2. The Labute approximate surface area is 94.0 Å². The zero-order valence-corrected chi connectivity index (χ0v) is 8.55. The number of rotatable bonds is 3. The van der Waals surface area contributed by atoms with E-state index < -0.39 is 22.9 Å². The van der Waals surface area contributed by atoms with E-state index in [9.17, 15) is 22.8 Å². The molecule has 86 valence electrons. The molecule has 0 spiro atoms. The van der Waals surface area contributed by atoms with Crippen molar-refractivity contribution in [1.82, 2.24) is 0 Å². The average molecular weight is 251 g/mol. The van der Waals surface area contributed by atoms with Crippen LogP contribution in [0.4, 0.5) is 13.2 Å². The van der Waals surface area contributed by atoms with Crippen LogP contribution in [0.5, 0.6) is 0 Å². The lowest BCUT2D eigenvalue weighted by Gasteiger charge is -2.10. The molecule has 16 heavy (non-hydrogen) atoms. The Kier molecular flexibility index (Phi) is 3.70. The molecule has 1 atom stereocenters. The van der Waals surface area contributed by atoms with Crippen LogP contribution < -0.4 is 0 Å². The number of hydrogen-bond donors (Lipinski definition) is 0. The van der Waals surface area contributed by atoms with Crippen LogP contribution in [0, 0.1) is 0 Å². The summed E-state index contributed by atoms with van der Waals surface area (Å²) in [5.41, 5.74) is -0.986. The summed E-state index contributed by atoms with van der Waals surface area (Å²) in [6, 6.07) is 3.95. The van der Waals surface area contributed by atoms with Crippen LogP contribution >= 0.6 is 11.6 Å². The van der Waals surface area contributed by atoms with Gasteiger partial charge in [-0.3, -0.25) is 4.79 Å². The summed E-state index contributed by atoms with van der Waals surface area (Å²) in [4.78, 5) is 21.3. The molecular formula is C10H6ClF3O2. The zero-order valence-electron chi connectivity index (χ0n) is 7.79. The molecule has 6 heteroatoms. The van der Waals surface area contributed by atoms with Crippen molar-refractivity contribution in [3.63, 3.8) is 0 Å². The summed E-state index contributed by atoms with van der Waals surface area (Å²) in [6.07, 6.45) is -4.30. The van der Waals surface area contributed by atoms with Gasteiger partial charge in [0.1, 0.15) is 12.2 Å². The van der Waals surface area contributed by atoms with Crippen LogP contribution in [0.2, 0.25) is 0 Å². The maximum absolute atomic E-state index is 12.3.